The Bertz CT molecular complexity index is 331. The van der Waals surface area contributed by atoms with Crippen LogP contribution in [0.1, 0.15) is 40.5 Å². The van der Waals surface area contributed by atoms with Crippen molar-refractivity contribution in [1.82, 2.24) is 4.90 Å². The number of carboxylic acids is 1. The number of rotatable bonds is 7. The number of nitrogens with two attached hydrogens (primary N) is 1. The molecule has 0 heterocycles. The second-order valence-electron chi connectivity index (χ2n) is 6.18. The van der Waals surface area contributed by atoms with Crippen molar-refractivity contribution in [3.8, 4) is 0 Å². The molecule has 0 bridgehead atoms. The fourth-order valence-electron chi connectivity index (χ4n) is 2.13. The lowest BCUT2D eigenvalue weighted by atomic mass is 9.84. The number of aliphatic carboxylic acids is 1. The topological polar surface area (TPSA) is 101 Å². The van der Waals surface area contributed by atoms with Crippen molar-refractivity contribution < 1.29 is 19.5 Å². The molecule has 0 aromatic rings. The summed E-state index contributed by atoms with van der Waals surface area (Å²) in [5.41, 5.74) is 5.11. The highest BCUT2D eigenvalue weighted by molar-refractivity contribution is 5.86. The number of amides is 2. The van der Waals surface area contributed by atoms with Crippen molar-refractivity contribution in [1.29, 1.82) is 0 Å². The van der Waals surface area contributed by atoms with E-state index in [0.29, 0.717) is 0 Å². The van der Waals surface area contributed by atoms with Crippen molar-refractivity contribution in [2.24, 2.45) is 17.1 Å². The number of hydrogen-bond donors (Lipinski definition) is 2. The molecule has 3 N–H and O–H groups in total. The van der Waals surface area contributed by atoms with Gasteiger partial charge in [0, 0.05) is 6.42 Å². The molecule has 0 aliphatic carbocycles. The van der Waals surface area contributed by atoms with Crippen molar-refractivity contribution in [3.63, 3.8) is 0 Å². The number of nitrogens with zero attached hydrogens (tertiary/aromatic N) is 1. The maximum atomic E-state index is 12.0. The first kappa shape index (κ1) is 17.4. The number of carbonyl (C=O) groups is 3. The van der Waals surface area contributed by atoms with Gasteiger partial charge < -0.3 is 15.7 Å². The van der Waals surface area contributed by atoms with Crippen LogP contribution in [0.2, 0.25) is 0 Å². The highest BCUT2D eigenvalue weighted by atomic mass is 16.4. The third kappa shape index (κ3) is 9.04. The van der Waals surface area contributed by atoms with Gasteiger partial charge in [-0.2, -0.15) is 0 Å². The Morgan fingerprint density at radius 2 is 1.74 bits per heavy atom. The van der Waals surface area contributed by atoms with Crippen LogP contribution in [0.5, 0.6) is 0 Å². The minimum Gasteiger partial charge on any atom is -0.480 e. The third-order valence-corrected chi connectivity index (χ3v) is 2.51. The van der Waals surface area contributed by atoms with E-state index < -0.39 is 18.4 Å². The van der Waals surface area contributed by atoms with E-state index in [1.165, 1.54) is 0 Å². The molecule has 110 valence electrons. The molecule has 2 amide bonds. The van der Waals surface area contributed by atoms with E-state index in [0.717, 1.165) is 11.3 Å². The van der Waals surface area contributed by atoms with Crippen LogP contribution in [0, 0.1) is 11.3 Å². The summed E-state index contributed by atoms with van der Waals surface area (Å²) in [6.45, 7) is 7.31. The van der Waals surface area contributed by atoms with Gasteiger partial charge in [-0.15, -0.1) is 0 Å². The lowest BCUT2D eigenvalue weighted by molar-refractivity contribution is -0.146. The fourth-order valence-corrected chi connectivity index (χ4v) is 2.13. The first-order chi connectivity index (χ1) is 8.51. The number of hydrogen-bond acceptors (Lipinski definition) is 3. The molecule has 0 aliphatic heterocycles. The first-order valence-corrected chi connectivity index (χ1v) is 6.29. The smallest absolute Gasteiger partial charge is 0.323 e. The zero-order valence-corrected chi connectivity index (χ0v) is 12.1. The van der Waals surface area contributed by atoms with Crippen molar-refractivity contribution in [2.75, 3.05) is 13.1 Å². The molecule has 6 heteroatoms. The van der Waals surface area contributed by atoms with Crippen LogP contribution in [-0.2, 0) is 14.4 Å². The minimum atomic E-state index is -1.15. The summed E-state index contributed by atoms with van der Waals surface area (Å²) in [6.07, 6.45) is 1.06. The van der Waals surface area contributed by atoms with E-state index in [4.69, 9.17) is 10.8 Å². The molecule has 1 atom stereocenters. The van der Waals surface area contributed by atoms with Crippen LogP contribution in [0.4, 0.5) is 0 Å². The van der Waals surface area contributed by atoms with Gasteiger partial charge in [0.2, 0.25) is 11.8 Å². The lowest BCUT2D eigenvalue weighted by Crippen LogP contribution is -2.42. The van der Waals surface area contributed by atoms with Crippen LogP contribution in [0.15, 0.2) is 0 Å². The second-order valence-corrected chi connectivity index (χ2v) is 6.18. The van der Waals surface area contributed by atoms with Gasteiger partial charge in [-0.1, -0.05) is 27.7 Å². The van der Waals surface area contributed by atoms with Crippen LogP contribution in [0.25, 0.3) is 0 Å². The van der Waals surface area contributed by atoms with Crippen molar-refractivity contribution in [3.05, 3.63) is 0 Å². The summed E-state index contributed by atoms with van der Waals surface area (Å²) in [4.78, 5) is 34.5. The van der Waals surface area contributed by atoms with E-state index in [9.17, 15) is 14.4 Å². The summed E-state index contributed by atoms with van der Waals surface area (Å²) in [5, 5.41) is 8.72. The summed E-state index contributed by atoms with van der Waals surface area (Å²) in [7, 11) is 0. The Kier molecular flexibility index (Phi) is 6.52. The average molecular weight is 272 g/mol. The predicted molar refractivity (Wildman–Crippen MR) is 71.3 cm³/mol. The Morgan fingerprint density at radius 3 is 2.11 bits per heavy atom. The van der Waals surface area contributed by atoms with Gasteiger partial charge in [-0.25, -0.2) is 0 Å². The maximum absolute atomic E-state index is 12.0. The van der Waals surface area contributed by atoms with E-state index in [1.54, 1.807) is 0 Å². The third-order valence-electron chi connectivity index (χ3n) is 2.51. The van der Waals surface area contributed by atoms with E-state index in [-0.39, 0.29) is 30.2 Å². The summed E-state index contributed by atoms with van der Waals surface area (Å²) in [6, 6.07) is 0. The van der Waals surface area contributed by atoms with Gasteiger partial charge in [0.25, 0.3) is 0 Å². The molecule has 0 radical (unpaired) electrons. The van der Waals surface area contributed by atoms with E-state index in [1.807, 2.05) is 6.92 Å². The largest absolute Gasteiger partial charge is 0.480 e. The van der Waals surface area contributed by atoms with Crippen LogP contribution >= 0.6 is 0 Å². The molecule has 0 aliphatic rings. The second kappa shape index (κ2) is 7.11. The predicted octanol–water partition coefficient (Wildman–Crippen LogP) is 0.847. The normalized spacial score (nSPS) is 12.8. The zero-order valence-electron chi connectivity index (χ0n) is 12.1. The van der Waals surface area contributed by atoms with Gasteiger partial charge in [0.1, 0.15) is 6.54 Å². The molecule has 0 fully saturated rings. The highest BCUT2D eigenvalue weighted by Crippen LogP contribution is 2.26. The van der Waals surface area contributed by atoms with Crippen LogP contribution in [-0.4, -0.2) is 40.9 Å². The molecule has 0 saturated heterocycles. The van der Waals surface area contributed by atoms with Gasteiger partial charge in [0.15, 0.2) is 0 Å². The Labute approximate surface area is 113 Å². The molecular formula is C13H24N2O4. The average Bonchev–Trinajstić information content (AvgIpc) is 2.11. The fraction of sp³-hybridized carbons (Fsp3) is 0.769. The molecular weight excluding hydrogens is 248 g/mol. The summed E-state index contributed by atoms with van der Waals surface area (Å²) < 4.78 is 0. The quantitative estimate of drug-likeness (QED) is 0.717. The maximum Gasteiger partial charge on any atom is 0.323 e. The summed E-state index contributed by atoms with van der Waals surface area (Å²) in [5.74, 6) is -2.09. The lowest BCUT2D eigenvalue weighted by Gasteiger charge is -2.25. The molecule has 1 unspecified atom stereocenters. The Hall–Kier alpha value is -1.59. The van der Waals surface area contributed by atoms with Gasteiger partial charge in [-0.3, -0.25) is 14.4 Å². The minimum absolute atomic E-state index is 0.0982. The Balaban J connectivity index is 4.54. The number of carbonyl (C=O) groups excluding carboxylic acids is 2. The van der Waals surface area contributed by atoms with Crippen LogP contribution < -0.4 is 5.73 Å². The Morgan fingerprint density at radius 1 is 1.21 bits per heavy atom. The van der Waals surface area contributed by atoms with Crippen molar-refractivity contribution >= 4 is 17.8 Å². The molecule has 0 aromatic carbocycles. The molecule has 0 saturated carbocycles. The van der Waals surface area contributed by atoms with E-state index in [2.05, 4.69) is 20.8 Å². The molecule has 19 heavy (non-hydrogen) atoms. The molecule has 0 spiro atoms. The van der Waals surface area contributed by atoms with Crippen molar-refractivity contribution in [2.45, 2.75) is 40.5 Å². The first-order valence-electron chi connectivity index (χ1n) is 6.29. The van der Waals surface area contributed by atoms with Gasteiger partial charge >= 0.3 is 5.97 Å². The standard InChI is InChI=1S/C13H24N2O4/c1-9(6-13(2,3)4)5-11(17)15(7-10(14)16)8-12(18)19/h9H,5-8H2,1-4H3,(H2,14,16)(H,18,19). The molecule has 0 rings (SSSR count). The monoisotopic (exact) mass is 272 g/mol. The van der Waals surface area contributed by atoms with E-state index >= 15 is 0 Å². The molecule has 6 nitrogen and oxygen atoms in total. The zero-order chi connectivity index (χ0) is 15.2. The number of carboxylic acid groups (broad SMARTS) is 1. The van der Waals surface area contributed by atoms with Gasteiger partial charge in [0.05, 0.1) is 6.54 Å². The SMILES string of the molecule is CC(CC(=O)N(CC(N)=O)CC(=O)O)CC(C)(C)C. The number of primary amides is 1. The summed E-state index contributed by atoms with van der Waals surface area (Å²) >= 11 is 0. The highest BCUT2D eigenvalue weighted by Gasteiger charge is 2.23. The molecule has 0 aromatic heterocycles. The van der Waals surface area contributed by atoms with Gasteiger partial charge in [-0.05, 0) is 17.8 Å². The van der Waals surface area contributed by atoms with Crippen LogP contribution in [0.3, 0.4) is 0 Å².